The number of carbonyl (C=O) groups is 3. The lowest BCUT2D eigenvalue weighted by Gasteiger charge is -2.39. The maximum absolute atomic E-state index is 12.7. The van der Waals surface area contributed by atoms with E-state index in [-0.39, 0.29) is 47.8 Å². The molecule has 0 spiro atoms. The van der Waals surface area contributed by atoms with Gasteiger partial charge in [0.25, 0.3) is 11.8 Å². The zero-order valence-electron chi connectivity index (χ0n) is 16.2. The van der Waals surface area contributed by atoms with E-state index in [4.69, 9.17) is 0 Å². The summed E-state index contributed by atoms with van der Waals surface area (Å²) in [7, 11) is 0. The van der Waals surface area contributed by atoms with Gasteiger partial charge >= 0.3 is 6.03 Å². The quantitative estimate of drug-likeness (QED) is 0.833. The van der Waals surface area contributed by atoms with Crippen LogP contribution in [-0.2, 0) is 0 Å². The first-order valence-corrected chi connectivity index (χ1v) is 9.69. The number of rotatable bonds is 3. The Bertz CT molecular complexity index is 784. The summed E-state index contributed by atoms with van der Waals surface area (Å²) in [5.74, 6) is -0.563. The molecule has 2 fully saturated rings. The number of nitrogens with zero attached hydrogens (tertiary/aromatic N) is 2. The number of amides is 4. The molecule has 6 nitrogen and oxygen atoms in total. The molecule has 1 aromatic carbocycles. The van der Waals surface area contributed by atoms with Gasteiger partial charge in [0.1, 0.15) is 0 Å². The largest absolute Gasteiger partial charge is 0.336 e. The fourth-order valence-electron chi connectivity index (χ4n) is 5.52. The minimum absolute atomic E-state index is 0.0852. The Morgan fingerprint density at radius 3 is 2.37 bits per heavy atom. The molecule has 4 amide bonds. The van der Waals surface area contributed by atoms with Gasteiger partial charge in [-0.15, -0.1) is 0 Å². The molecule has 4 rings (SSSR count). The second kappa shape index (κ2) is 6.08. The highest BCUT2D eigenvalue weighted by Gasteiger charge is 2.51. The monoisotopic (exact) mass is 369 g/mol. The summed E-state index contributed by atoms with van der Waals surface area (Å²) in [5.41, 5.74) is 1.33. The average molecular weight is 369 g/mol. The number of nitrogens with one attached hydrogen (secondary N) is 1. The minimum atomic E-state index is -0.281. The van der Waals surface area contributed by atoms with Crippen LogP contribution in [0.25, 0.3) is 0 Å². The summed E-state index contributed by atoms with van der Waals surface area (Å²) in [4.78, 5) is 40.7. The fourth-order valence-corrected chi connectivity index (χ4v) is 5.52. The molecule has 1 saturated carbocycles. The van der Waals surface area contributed by atoms with Crippen LogP contribution in [0.1, 0.15) is 60.7 Å². The number of imide groups is 1. The van der Waals surface area contributed by atoms with E-state index in [0.717, 1.165) is 25.8 Å². The van der Waals surface area contributed by atoms with Crippen molar-refractivity contribution >= 4 is 17.8 Å². The van der Waals surface area contributed by atoms with E-state index < -0.39 is 0 Å². The van der Waals surface area contributed by atoms with Crippen LogP contribution in [0.2, 0.25) is 0 Å². The van der Waals surface area contributed by atoms with Crippen molar-refractivity contribution in [2.45, 2.75) is 46.1 Å². The van der Waals surface area contributed by atoms with Crippen LogP contribution < -0.4 is 5.32 Å². The summed E-state index contributed by atoms with van der Waals surface area (Å²) in [6.45, 7) is 8.07. The SMILES string of the molecule is CC1(C)CC2CC(C)(CN2C(=O)NCCN2C(=O)c3ccccc3C2=O)C1. The summed E-state index contributed by atoms with van der Waals surface area (Å²) in [6.07, 6.45) is 3.21. The molecule has 2 atom stereocenters. The zero-order valence-corrected chi connectivity index (χ0v) is 16.2. The Morgan fingerprint density at radius 2 is 1.74 bits per heavy atom. The molecule has 1 saturated heterocycles. The molecule has 0 radical (unpaired) electrons. The van der Waals surface area contributed by atoms with E-state index >= 15 is 0 Å². The number of carbonyl (C=O) groups excluding carboxylic acids is 3. The molecule has 6 heteroatoms. The Labute approximate surface area is 159 Å². The number of fused-ring (bicyclic) bond motifs is 3. The summed E-state index contributed by atoms with van der Waals surface area (Å²) >= 11 is 0. The first-order valence-electron chi connectivity index (χ1n) is 9.69. The predicted octanol–water partition coefficient (Wildman–Crippen LogP) is 2.89. The standard InChI is InChI=1S/C21H27N3O3/c1-20(2)10-14-11-21(3,12-20)13-24(14)19(27)22-8-9-23-17(25)15-6-4-5-7-16(15)18(23)26/h4-7,14H,8-13H2,1-3H3,(H,22,27). The zero-order chi connectivity index (χ0) is 19.4. The van der Waals surface area contributed by atoms with Gasteiger partial charge in [0.15, 0.2) is 0 Å². The molecule has 2 heterocycles. The molecule has 2 bridgehead atoms. The summed E-state index contributed by atoms with van der Waals surface area (Å²) < 4.78 is 0. The number of urea groups is 1. The minimum Gasteiger partial charge on any atom is -0.336 e. The van der Waals surface area contributed by atoms with Gasteiger partial charge in [0, 0.05) is 25.7 Å². The van der Waals surface area contributed by atoms with E-state index in [1.165, 1.54) is 4.90 Å². The van der Waals surface area contributed by atoms with Gasteiger partial charge in [-0.1, -0.05) is 32.9 Å². The van der Waals surface area contributed by atoms with Crippen molar-refractivity contribution in [1.29, 1.82) is 0 Å². The Balaban J connectivity index is 1.35. The van der Waals surface area contributed by atoms with Gasteiger partial charge in [0.2, 0.25) is 0 Å². The fraction of sp³-hybridized carbons (Fsp3) is 0.571. The van der Waals surface area contributed by atoms with Crippen molar-refractivity contribution in [2.24, 2.45) is 10.8 Å². The molecule has 27 heavy (non-hydrogen) atoms. The summed E-state index contributed by atoms with van der Waals surface area (Å²) in [6, 6.07) is 7.03. The molecule has 1 aromatic rings. The summed E-state index contributed by atoms with van der Waals surface area (Å²) in [5, 5.41) is 2.92. The van der Waals surface area contributed by atoms with E-state index in [1.807, 2.05) is 4.90 Å². The van der Waals surface area contributed by atoms with Crippen molar-refractivity contribution in [1.82, 2.24) is 15.1 Å². The highest BCUT2D eigenvalue weighted by atomic mass is 16.2. The van der Waals surface area contributed by atoms with E-state index in [0.29, 0.717) is 11.1 Å². The smallest absolute Gasteiger partial charge is 0.317 e. The van der Waals surface area contributed by atoms with Gasteiger partial charge in [-0.05, 0) is 42.2 Å². The van der Waals surface area contributed by atoms with Gasteiger partial charge < -0.3 is 10.2 Å². The van der Waals surface area contributed by atoms with Crippen LogP contribution in [-0.4, -0.2) is 53.3 Å². The van der Waals surface area contributed by atoms with Gasteiger partial charge in [-0.25, -0.2) is 4.79 Å². The molecule has 3 aliphatic rings. The number of hydrogen-bond acceptors (Lipinski definition) is 3. The van der Waals surface area contributed by atoms with Gasteiger partial charge in [0.05, 0.1) is 11.1 Å². The third-order valence-electron chi connectivity index (χ3n) is 6.17. The number of likely N-dealkylation sites (tertiary alicyclic amines) is 1. The van der Waals surface area contributed by atoms with E-state index in [2.05, 4.69) is 26.1 Å². The molecule has 2 aliphatic heterocycles. The molecule has 2 unspecified atom stereocenters. The normalized spacial score (nSPS) is 28.5. The van der Waals surface area contributed by atoms with Crippen molar-refractivity contribution < 1.29 is 14.4 Å². The Hall–Kier alpha value is -2.37. The maximum atomic E-state index is 12.7. The van der Waals surface area contributed by atoms with E-state index in [1.54, 1.807) is 24.3 Å². The third kappa shape index (κ3) is 3.11. The molecular formula is C21H27N3O3. The van der Waals surface area contributed by atoms with Crippen LogP contribution in [0.4, 0.5) is 4.79 Å². The highest BCUT2D eigenvalue weighted by molar-refractivity contribution is 6.21. The lowest BCUT2D eigenvalue weighted by Crippen LogP contribution is -2.46. The van der Waals surface area contributed by atoms with Crippen LogP contribution >= 0.6 is 0 Å². The molecule has 1 aliphatic carbocycles. The molecular weight excluding hydrogens is 342 g/mol. The topological polar surface area (TPSA) is 69.7 Å². The van der Waals surface area contributed by atoms with Crippen LogP contribution in [0.5, 0.6) is 0 Å². The van der Waals surface area contributed by atoms with Gasteiger partial charge in [-0.2, -0.15) is 0 Å². The molecule has 0 aromatic heterocycles. The predicted molar refractivity (Wildman–Crippen MR) is 101 cm³/mol. The Kier molecular flexibility index (Phi) is 4.05. The lowest BCUT2D eigenvalue weighted by molar-refractivity contribution is 0.0654. The maximum Gasteiger partial charge on any atom is 0.317 e. The van der Waals surface area contributed by atoms with Crippen molar-refractivity contribution in [3.05, 3.63) is 35.4 Å². The number of hydrogen-bond donors (Lipinski definition) is 1. The lowest BCUT2D eigenvalue weighted by atomic mass is 9.65. The third-order valence-corrected chi connectivity index (χ3v) is 6.17. The second-order valence-corrected chi connectivity index (χ2v) is 9.38. The van der Waals surface area contributed by atoms with Crippen LogP contribution in [0.15, 0.2) is 24.3 Å². The van der Waals surface area contributed by atoms with Crippen LogP contribution in [0.3, 0.4) is 0 Å². The highest BCUT2D eigenvalue weighted by Crippen LogP contribution is 2.52. The van der Waals surface area contributed by atoms with Crippen molar-refractivity contribution in [3.8, 4) is 0 Å². The second-order valence-electron chi connectivity index (χ2n) is 9.38. The van der Waals surface area contributed by atoms with Crippen molar-refractivity contribution in [2.75, 3.05) is 19.6 Å². The molecule has 1 N–H and O–H groups in total. The first-order chi connectivity index (χ1) is 12.7. The van der Waals surface area contributed by atoms with E-state index in [9.17, 15) is 14.4 Å². The van der Waals surface area contributed by atoms with Crippen LogP contribution in [0, 0.1) is 10.8 Å². The van der Waals surface area contributed by atoms with Gasteiger partial charge in [-0.3, -0.25) is 14.5 Å². The Morgan fingerprint density at radius 1 is 1.11 bits per heavy atom. The molecule has 144 valence electrons. The number of benzene rings is 1. The average Bonchev–Trinajstić information content (AvgIpc) is 2.99. The van der Waals surface area contributed by atoms with Crippen molar-refractivity contribution in [3.63, 3.8) is 0 Å². The first kappa shape index (κ1) is 18.0.